The first-order valence-electron chi connectivity index (χ1n) is 6.25. The third-order valence-corrected chi connectivity index (χ3v) is 6.47. The van der Waals surface area contributed by atoms with Gasteiger partial charge < -0.3 is 5.73 Å². The standard InChI is InChI=1S/C14H21NO2S/c1-14(2,18(3,16)17)13(15)12-9-11(12)10-7-5-4-6-8-10/h4-8,11-13H,9,15H2,1-3H3. The minimum atomic E-state index is -3.14. The molecule has 2 rings (SSSR count). The summed E-state index contributed by atoms with van der Waals surface area (Å²) in [5, 5.41) is 0. The lowest BCUT2D eigenvalue weighted by Crippen LogP contribution is -2.50. The number of rotatable bonds is 4. The van der Waals surface area contributed by atoms with Crippen LogP contribution in [-0.2, 0) is 9.84 Å². The van der Waals surface area contributed by atoms with Crippen LogP contribution < -0.4 is 5.73 Å². The third-order valence-electron chi connectivity index (χ3n) is 4.29. The van der Waals surface area contributed by atoms with Crippen LogP contribution in [0.3, 0.4) is 0 Å². The van der Waals surface area contributed by atoms with Gasteiger partial charge in [0, 0.05) is 12.3 Å². The zero-order valence-electron chi connectivity index (χ0n) is 11.1. The van der Waals surface area contributed by atoms with Crippen molar-refractivity contribution in [2.75, 3.05) is 6.26 Å². The fourth-order valence-corrected chi connectivity index (χ4v) is 3.13. The summed E-state index contributed by atoms with van der Waals surface area (Å²) < 4.78 is 22.7. The highest BCUT2D eigenvalue weighted by atomic mass is 32.2. The second-order valence-corrected chi connectivity index (χ2v) is 8.41. The van der Waals surface area contributed by atoms with Crippen LogP contribution in [0.5, 0.6) is 0 Å². The van der Waals surface area contributed by atoms with E-state index in [4.69, 9.17) is 5.73 Å². The molecule has 1 aliphatic rings. The molecule has 1 fully saturated rings. The Morgan fingerprint density at radius 1 is 1.28 bits per heavy atom. The molecule has 3 atom stereocenters. The SMILES string of the molecule is CC(C)(C(N)C1CC1c1ccccc1)S(C)(=O)=O. The maximum absolute atomic E-state index is 11.8. The fourth-order valence-electron chi connectivity index (χ4n) is 2.46. The topological polar surface area (TPSA) is 60.2 Å². The van der Waals surface area contributed by atoms with Gasteiger partial charge in [0.1, 0.15) is 0 Å². The monoisotopic (exact) mass is 267 g/mol. The van der Waals surface area contributed by atoms with Gasteiger partial charge in [0.25, 0.3) is 0 Å². The first-order valence-corrected chi connectivity index (χ1v) is 8.14. The van der Waals surface area contributed by atoms with Crippen LogP contribution in [0.25, 0.3) is 0 Å². The smallest absolute Gasteiger partial charge is 0.154 e. The third kappa shape index (κ3) is 2.31. The Labute approximate surface area is 109 Å². The molecule has 1 saturated carbocycles. The van der Waals surface area contributed by atoms with Gasteiger partial charge in [-0.1, -0.05) is 30.3 Å². The van der Waals surface area contributed by atoms with E-state index in [2.05, 4.69) is 12.1 Å². The lowest BCUT2D eigenvalue weighted by atomic mass is 9.96. The van der Waals surface area contributed by atoms with E-state index in [0.717, 1.165) is 6.42 Å². The molecule has 2 N–H and O–H groups in total. The lowest BCUT2D eigenvalue weighted by Gasteiger charge is -2.30. The number of benzene rings is 1. The van der Waals surface area contributed by atoms with Crippen molar-refractivity contribution >= 4 is 9.84 Å². The molecule has 0 aliphatic heterocycles. The van der Waals surface area contributed by atoms with E-state index >= 15 is 0 Å². The maximum Gasteiger partial charge on any atom is 0.154 e. The van der Waals surface area contributed by atoms with E-state index in [1.807, 2.05) is 18.2 Å². The molecule has 0 spiro atoms. The quantitative estimate of drug-likeness (QED) is 0.907. The van der Waals surface area contributed by atoms with Crippen molar-refractivity contribution < 1.29 is 8.42 Å². The van der Waals surface area contributed by atoms with Crippen molar-refractivity contribution in [1.82, 2.24) is 0 Å². The Kier molecular flexibility index (Phi) is 3.28. The second kappa shape index (κ2) is 4.35. The summed E-state index contributed by atoms with van der Waals surface area (Å²) in [4.78, 5) is 0. The highest BCUT2D eigenvalue weighted by molar-refractivity contribution is 7.92. The Hall–Kier alpha value is -0.870. The van der Waals surface area contributed by atoms with Crippen LogP contribution in [0.1, 0.15) is 31.7 Å². The van der Waals surface area contributed by atoms with Gasteiger partial charge in [0.15, 0.2) is 9.84 Å². The zero-order chi connectivity index (χ0) is 13.6. The van der Waals surface area contributed by atoms with Crippen molar-refractivity contribution in [1.29, 1.82) is 0 Å². The summed E-state index contributed by atoms with van der Waals surface area (Å²) in [6.07, 6.45) is 2.26. The van der Waals surface area contributed by atoms with E-state index in [0.29, 0.717) is 5.92 Å². The van der Waals surface area contributed by atoms with Gasteiger partial charge in [-0.25, -0.2) is 8.42 Å². The van der Waals surface area contributed by atoms with Crippen LogP contribution in [0.4, 0.5) is 0 Å². The summed E-state index contributed by atoms with van der Waals surface area (Å²) in [6.45, 7) is 3.46. The molecule has 0 heterocycles. The molecule has 1 aromatic rings. The van der Waals surface area contributed by atoms with Gasteiger partial charge in [-0.3, -0.25) is 0 Å². The molecular formula is C14H21NO2S. The van der Waals surface area contributed by atoms with Gasteiger partial charge in [-0.2, -0.15) is 0 Å². The van der Waals surface area contributed by atoms with Crippen molar-refractivity contribution in [2.24, 2.45) is 11.7 Å². The van der Waals surface area contributed by atoms with Crippen molar-refractivity contribution in [3.63, 3.8) is 0 Å². The molecule has 0 bridgehead atoms. The van der Waals surface area contributed by atoms with Crippen molar-refractivity contribution in [3.05, 3.63) is 35.9 Å². The molecule has 100 valence electrons. The van der Waals surface area contributed by atoms with Crippen molar-refractivity contribution in [2.45, 2.75) is 37.0 Å². The average Bonchev–Trinajstić information content (AvgIpc) is 3.07. The van der Waals surface area contributed by atoms with Crippen LogP contribution in [0.2, 0.25) is 0 Å². The zero-order valence-corrected chi connectivity index (χ0v) is 11.9. The normalized spacial score (nSPS) is 25.8. The molecule has 0 amide bonds. The van der Waals surface area contributed by atoms with Gasteiger partial charge in [-0.05, 0) is 37.7 Å². The maximum atomic E-state index is 11.8. The predicted molar refractivity (Wildman–Crippen MR) is 74.2 cm³/mol. The van der Waals surface area contributed by atoms with Crippen LogP contribution >= 0.6 is 0 Å². The Bertz CT molecular complexity index is 522. The number of hydrogen-bond donors (Lipinski definition) is 1. The highest BCUT2D eigenvalue weighted by Gasteiger charge is 2.50. The predicted octanol–water partition coefficient (Wildman–Crippen LogP) is 1.94. The first kappa shape index (κ1) is 13.6. The van der Waals surface area contributed by atoms with Gasteiger partial charge >= 0.3 is 0 Å². The Morgan fingerprint density at radius 2 is 1.83 bits per heavy atom. The summed E-state index contributed by atoms with van der Waals surface area (Å²) >= 11 is 0. The second-order valence-electron chi connectivity index (χ2n) is 5.82. The fraction of sp³-hybridized carbons (Fsp3) is 0.571. The molecule has 0 saturated heterocycles. The van der Waals surface area contributed by atoms with E-state index < -0.39 is 14.6 Å². The first-order chi connectivity index (χ1) is 8.25. The molecule has 3 unspecified atom stereocenters. The highest BCUT2D eigenvalue weighted by Crippen LogP contribution is 2.51. The minimum Gasteiger partial charge on any atom is -0.326 e. The van der Waals surface area contributed by atoms with Crippen molar-refractivity contribution in [3.8, 4) is 0 Å². The van der Waals surface area contributed by atoms with Gasteiger partial charge in [0.05, 0.1) is 4.75 Å². The van der Waals surface area contributed by atoms with Crippen LogP contribution in [0.15, 0.2) is 30.3 Å². The van der Waals surface area contributed by atoms with Gasteiger partial charge in [0.2, 0.25) is 0 Å². The number of hydrogen-bond acceptors (Lipinski definition) is 3. The van der Waals surface area contributed by atoms with E-state index in [1.165, 1.54) is 11.8 Å². The molecule has 3 nitrogen and oxygen atoms in total. The molecule has 4 heteroatoms. The molecule has 0 aromatic heterocycles. The largest absolute Gasteiger partial charge is 0.326 e. The van der Waals surface area contributed by atoms with Crippen LogP contribution in [-0.4, -0.2) is 25.5 Å². The van der Waals surface area contributed by atoms with Gasteiger partial charge in [-0.15, -0.1) is 0 Å². The number of nitrogens with two attached hydrogens (primary N) is 1. The summed E-state index contributed by atoms with van der Waals surface area (Å²) in [5.74, 6) is 0.694. The number of sulfone groups is 1. The Balaban J connectivity index is 2.13. The molecule has 0 radical (unpaired) electrons. The molecule has 1 aliphatic carbocycles. The molecule has 18 heavy (non-hydrogen) atoms. The summed E-state index contributed by atoms with van der Waals surface area (Å²) in [5.41, 5.74) is 7.46. The average molecular weight is 267 g/mol. The van der Waals surface area contributed by atoms with E-state index in [9.17, 15) is 8.42 Å². The van der Waals surface area contributed by atoms with Crippen LogP contribution in [0, 0.1) is 5.92 Å². The summed E-state index contributed by atoms with van der Waals surface area (Å²) in [7, 11) is -3.14. The summed E-state index contributed by atoms with van der Waals surface area (Å²) in [6, 6.07) is 9.88. The van der Waals surface area contributed by atoms with E-state index in [1.54, 1.807) is 13.8 Å². The van der Waals surface area contributed by atoms with E-state index in [-0.39, 0.29) is 12.0 Å². The molecular weight excluding hydrogens is 246 g/mol. The lowest BCUT2D eigenvalue weighted by molar-refractivity contribution is 0.443. The minimum absolute atomic E-state index is 0.275. The molecule has 1 aromatic carbocycles. The Morgan fingerprint density at radius 3 is 2.33 bits per heavy atom.